The van der Waals surface area contributed by atoms with Gasteiger partial charge < -0.3 is 10.4 Å². The molecule has 0 aliphatic rings. The summed E-state index contributed by atoms with van der Waals surface area (Å²) in [6.07, 6.45) is 4.62. The molecule has 0 aliphatic heterocycles. The van der Waals surface area contributed by atoms with E-state index < -0.39 is 0 Å². The van der Waals surface area contributed by atoms with Crippen LogP contribution in [0.15, 0.2) is 33.6 Å². The minimum absolute atomic E-state index is 0.194. The summed E-state index contributed by atoms with van der Waals surface area (Å²) in [4.78, 5) is 26.3. The Balaban J connectivity index is 2.36. The van der Waals surface area contributed by atoms with Crippen molar-refractivity contribution in [1.29, 1.82) is 0 Å². The molecule has 0 aliphatic carbocycles. The molecule has 100 valence electrons. The standard InChI is InChI=1S/C11H14N6OS/c1-2-3-7-9(17-12)14-6-15-10(7)19-11-13-5-4-8(18)16-11/h4-6H,2-3,12H2,1H3,(H,13,16,18)(H,14,15,17). The Hall–Kier alpha value is -1.93. The summed E-state index contributed by atoms with van der Waals surface area (Å²) >= 11 is 1.28. The lowest BCUT2D eigenvalue weighted by Gasteiger charge is -2.10. The fourth-order valence-corrected chi connectivity index (χ4v) is 2.45. The van der Waals surface area contributed by atoms with Gasteiger partial charge in [-0.3, -0.25) is 4.79 Å². The van der Waals surface area contributed by atoms with Crippen molar-refractivity contribution in [2.45, 2.75) is 29.9 Å². The zero-order chi connectivity index (χ0) is 13.7. The van der Waals surface area contributed by atoms with E-state index in [1.54, 1.807) is 0 Å². The molecule has 0 unspecified atom stereocenters. The first-order chi connectivity index (χ1) is 9.24. The van der Waals surface area contributed by atoms with Crippen LogP contribution in [-0.2, 0) is 6.42 Å². The zero-order valence-corrected chi connectivity index (χ0v) is 11.2. The molecule has 2 rings (SSSR count). The number of nitrogens with one attached hydrogen (secondary N) is 2. The highest BCUT2D eigenvalue weighted by molar-refractivity contribution is 7.99. The molecule has 0 aromatic carbocycles. The van der Waals surface area contributed by atoms with Crippen LogP contribution in [0.2, 0.25) is 0 Å². The molecule has 2 aromatic heterocycles. The predicted molar refractivity (Wildman–Crippen MR) is 72.8 cm³/mol. The molecule has 0 atom stereocenters. The fourth-order valence-electron chi connectivity index (χ4n) is 1.58. The molecular formula is C11H14N6OS. The summed E-state index contributed by atoms with van der Waals surface area (Å²) in [7, 11) is 0. The second-order valence-electron chi connectivity index (χ2n) is 3.74. The van der Waals surface area contributed by atoms with Crippen LogP contribution in [0.25, 0.3) is 0 Å². The Bertz CT molecular complexity index is 614. The molecule has 19 heavy (non-hydrogen) atoms. The SMILES string of the molecule is CCCc1c(NN)ncnc1Sc1nccc(=O)[nH]1. The van der Waals surface area contributed by atoms with Gasteiger partial charge in [-0.2, -0.15) is 0 Å². The van der Waals surface area contributed by atoms with Crippen molar-refractivity contribution in [3.8, 4) is 0 Å². The molecule has 2 heterocycles. The van der Waals surface area contributed by atoms with Crippen LogP contribution in [-0.4, -0.2) is 19.9 Å². The first kappa shape index (κ1) is 13.5. The summed E-state index contributed by atoms with van der Waals surface area (Å²) in [5.41, 5.74) is 3.29. The van der Waals surface area contributed by atoms with Gasteiger partial charge in [0.1, 0.15) is 17.2 Å². The van der Waals surface area contributed by atoms with Gasteiger partial charge in [-0.1, -0.05) is 13.3 Å². The quantitative estimate of drug-likeness (QED) is 0.323. The number of aromatic nitrogens is 4. The van der Waals surface area contributed by atoms with E-state index in [1.165, 1.54) is 30.4 Å². The average Bonchev–Trinajstić information content (AvgIpc) is 2.41. The van der Waals surface area contributed by atoms with Crippen molar-refractivity contribution in [1.82, 2.24) is 19.9 Å². The minimum atomic E-state index is -0.194. The number of rotatable bonds is 5. The Morgan fingerprint density at radius 2 is 2.26 bits per heavy atom. The van der Waals surface area contributed by atoms with Crippen molar-refractivity contribution in [3.63, 3.8) is 0 Å². The molecule has 7 nitrogen and oxygen atoms in total. The van der Waals surface area contributed by atoms with Gasteiger partial charge in [-0.25, -0.2) is 20.8 Å². The van der Waals surface area contributed by atoms with Crippen molar-refractivity contribution < 1.29 is 0 Å². The molecule has 0 spiro atoms. The van der Waals surface area contributed by atoms with Gasteiger partial charge in [0.2, 0.25) is 0 Å². The monoisotopic (exact) mass is 278 g/mol. The van der Waals surface area contributed by atoms with Gasteiger partial charge in [0.15, 0.2) is 5.16 Å². The van der Waals surface area contributed by atoms with Crippen LogP contribution in [0, 0.1) is 0 Å². The Kier molecular flexibility index (Phi) is 4.48. The summed E-state index contributed by atoms with van der Waals surface area (Å²) in [6.45, 7) is 2.06. The van der Waals surface area contributed by atoms with Crippen molar-refractivity contribution in [3.05, 3.63) is 34.5 Å². The van der Waals surface area contributed by atoms with Crippen LogP contribution in [0.3, 0.4) is 0 Å². The number of hydrazine groups is 1. The van der Waals surface area contributed by atoms with E-state index in [-0.39, 0.29) is 5.56 Å². The highest BCUT2D eigenvalue weighted by atomic mass is 32.2. The second kappa shape index (κ2) is 6.30. The average molecular weight is 278 g/mol. The smallest absolute Gasteiger partial charge is 0.251 e. The number of H-pyrrole nitrogens is 1. The Morgan fingerprint density at radius 1 is 1.42 bits per heavy atom. The number of hydrogen-bond donors (Lipinski definition) is 3. The number of nitrogen functional groups attached to an aromatic ring is 1. The zero-order valence-electron chi connectivity index (χ0n) is 10.4. The lowest BCUT2D eigenvalue weighted by atomic mass is 10.2. The Labute approximate surface area is 114 Å². The third kappa shape index (κ3) is 3.30. The molecule has 0 saturated heterocycles. The van der Waals surface area contributed by atoms with Gasteiger partial charge in [0.25, 0.3) is 5.56 Å². The van der Waals surface area contributed by atoms with Crippen LogP contribution in [0.4, 0.5) is 5.82 Å². The predicted octanol–water partition coefficient (Wildman–Crippen LogP) is 0.949. The Morgan fingerprint density at radius 3 is 2.95 bits per heavy atom. The van der Waals surface area contributed by atoms with E-state index in [1.807, 2.05) is 0 Å². The summed E-state index contributed by atoms with van der Waals surface area (Å²) < 4.78 is 0. The van der Waals surface area contributed by atoms with E-state index in [9.17, 15) is 4.79 Å². The largest absolute Gasteiger partial charge is 0.308 e. The third-order valence-electron chi connectivity index (χ3n) is 2.38. The molecule has 0 amide bonds. The second-order valence-corrected chi connectivity index (χ2v) is 4.72. The number of nitrogens with zero attached hydrogens (tertiary/aromatic N) is 3. The van der Waals surface area contributed by atoms with Gasteiger partial charge in [-0.05, 0) is 18.2 Å². The lowest BCUT2D eigenvalue weighted by molar-refractivity contribution is 0.851. The van der Waals surface area contributed by atoms with Crippen molar-refractivity contribution in [2.24, 2.45) is 5.84 Å². The topological polar surface area (TPSA) is 110 Å². The normalized spacial score (nSPS) is 10.4. The molecule has 8 heteroatoms. The first-order valence-electron chi connectivity index (χ1n) is 5.78. The summed E-state index contributed by atoms with van der Waals surface area (Å²) in [6, 6.07) is 1.36. The molecule has 2 aromatic rings. The summed E-state index contributed by atoms with van der Waals surface area (Å²) in [5.74, 6) is 6.04. The van der Waals surface area contributed by atoms with Crippen LogP contribution >= 0.6 is 11.8 Å². The maximum Gasteiger partial charge on any atom is 0.251 e. The minimum Gasteiger partial charge on any atom is -0.308 e. The van der Waals surface area contributed by atoms with E-state index in [0.717, 1.165) is 23.4 Å². The maximum atomic E-state index is 11.2. The van der Waals surface area contributed by atoms with E-state index in [0.29, 0.717) is 11.0 Å². The van der Waals surface area contributed by atoms with Crippen LogP contribution < -0.4 is 16.8 Å². The maximum absolute atomic E-state index is 11.2. The van der Waals surface area contributed by atoms with E-state index in [4.69, 9.17) is 5.84 Å². The first-order valence-corrected chi connectivity index (χ1v) is 6.60. The van der Waals surface area contributed by atoms with Gasteiger partial charge in [0.05, 0.1) is 0 Å². The van der Waals surface area contributed by atoms with Gasteiger partial charge >= 0.3 is 0 Å². The van der Waals surface area contributed by atoms with Crippen molar-refractivity contribution >= 4 is 17.6 Å². The van der Waals surface area contributed by atoms with Crippen LogP contribution in [0.5, 0.6) is 0 Å². The van der Waals surface area contributed by atoms with Crippen molar-refractivity contribution in [2.75, 3.05) is 5.43 Å². The molecule has 4 N–H and O–H groups in total. The highest BCUT2D eigenvalue weighted by Gasteiger charge is 2.12. The molecule has 0 bridgehead atoms. The van der Waals surface area contributed by atoms with E-state index in [2.05, 4.69) is 32.3 Å². The summed E-state index contributed by atoms with van der Waals surface area (Å²) in [5, 5.41) is 1.23. The number of anilines is 1. The highest BCUT2D eigenvalue weighted by Crippen LogP contribution is 2.28. The number of hydrogen-bond acceptors (Lipinski definition) is 7. The van der Waals surface area contributed by atoms with Gasteiger partial charge in [-0.15, -0.1) is 0 Å². The molecular weight excluding hydrogens is 264 g/mol. The number of nitrogens with two attached hydrogens (primary N) is 1. The fraction of sp³-hybridized carbons (Fsp3) is 0.273. The molecule has 0 fully saturated rings. The molecule has 0 saturated carbocycles. The van der Waals surface area contributed by atoms with Crippen LogP contribution in [0.1, 0.15) is 18.9 Å². The lowest BCUT2D eigenvalue weighted by Crippen LogP contribution is -2.12. The van der Waals surface area contributed by atoms with Gasteiger partial charge in [0, 0.05) is 17.8 Å². The molecule has 0 radical (unpaired) electrons. The number of aromatic amines is 1. The van der Waals surface area contributed by atoms with E-state index >= 15 is 0 Å². The third-order valence-corrected chi connectivity index (χ3v) is 3.33.